The fraction of sp³-hybridized carbons (Fsp3) is 0.300. The van der Waals surface area contributed by atoms with Gasteiger partial charge in [0.15, 0.2) is 6.79 Å². The zero-order chi connectivity index (χ0) is 19.9. The Bertz CT molecular complexity index is 948. The molecule has 3 amide bonds. The van der Waals surface area contributed by atoms with Crippen molar-refractivity contribution >= 4 is 11.9 Å². The molecule has 0 radical (unpaired) electrons. The minimum atomic E-state index is -1.29. The van der Waals surface area contributed by atoms with Crippen LogP contribution in [0.15, 0.2) is 36.4 Å². The second kappa shape index (κ2) is 6.87. The number of urea groups is 1. The van der Waals surface area contributed by atoms with Crippen molar-refractivity contribution in [2.24, 2.45) is 0 Å². The average Bonchev–Trinajstić information content (AvgIpc) is 2.93. The van der Waals surface area contributed by atoms with Crippen molar-refractivity contribution in [3.63, 3.8) is 0 Å². The highest BCUT2D eigenvalue weighted by molar-refractivity contribution is 6.07. The third-order valence-electron chi connectivity index (χ3n) is 5.12. The number of ether oxygens (including phenoxy) is 2. The van der Waals surface area contributed by atoms with E-state index in [2.05, 4.69) is 5.32 Å². The number of carbonyl (C=O) groups excluding carboxylic acids is 2. The summed E-state index contributed by atoms with van der Waals surface area (Å²) in [5, 5.41) is 2.72. The molecule has 1 fully saturated rings. The number of nitrogens with zero attached hydrogens (tertiary/aromatic N) is 1. The van der Waals surface area contributed by atoms with Gasteiger partial charge in [-0.2, -0.15) is 0 Å². The largest absolute Gasteiger partial charge is 0.467 e. The molecule has 1 unspecified atom stereocenters. The fourth-order valence-corrected chi connectivity index (χ4v) is 3.69. The molecule has 0 spiro atoms. The van der Waals surface area contributed by atoms with Crippen LogP contribution in [0.4, 0.5) is 13.6 Å². The predicted octanol–water partition coefficient (Wildman–Crippen LogP) is 3.19. The molecule has 0 saturated carbocycles. The Morgan fingerprint density at radius 2 is 1.89 bits per heavy atom. The summed E-state index contributed by atoms with van der Waals surface area (Å²) in [6.07, 6.45) is 0.283. The zero-order valence-electron chi connectivity index (χ0n) is 15.1. The average molecular weight is 388 g/mol. The Kier molecular flexibility index (Phi) is 4.50. The van der Waals surface area contributed by atoms with Gasteiger partial charge in [-0.05, 0) is 36.2 Å². The van der Waals surface area contributed by atoms with Gasteiger partial charge in [0.1, 0.15) is 22.9 Å². The van der Waals surface area contributed by atoms with E-state index in [-0.39, 0.29) is 26.4 Å². The predicted molar refractivity (Wildman–Crippen MR) is 94.1 cm³/mol. The molecule has 2 aromatic rings. The van der Waals surface area contributed by atoms with Crippen molar-refractivity contribution in [2.45, 2.75) is 32.0 Å². The summed E-state index contributed by atoms with van der Waals surface area (Å²) in [5.41, 5.74) is 0.104. The molecule has 2 aliphatic heterocycles. The Hall–Kier alpha value is -3.00. The molecule has 2 aromatic carbocycles. The van der Waals surface area contributed by atoms with Crippen molar-refractivity contribution < 1.29 is 27.8 Å². The maximum Gasteiger partial charge on any atom is 0.325 e. The third kappa shape index (κ3) is 2.90. The second-order valence-corrected chi connectivity index (χ2v) is 6.75. The van der Waals surface area contributed by atoms with E-state index in [1.54, 1.807) is 6.92 Å². The Labute approximate surface area is 160 Å². The van der Waals surface area contributed by atoms with Gasteiger partial charge < -0.3 is 14.8 Å². The molecule has 1 N–H and O–H groups in total. The number of fused-ring (bicyclic) bond motifs is 1. The number of hydrogen-bond donors (Lipinski definition) is 1. The maximum atomic E-state index is 14.0. The van der Waals surface area contributed by atoms with Gasteiger partial charge in [0.2, 0.25) is 0 Å². The van der Waals surface area contributed by atoms with Crippen LogP contribution in [0.5, 0.6) is 5.75 Å². The number of hydrogen-bond acceptors (Lipinski definition) is 4. The van der Waals surface area contributed by atoms with Gasteiger partial charge in [0.25, 0.3) is 5.91 Å². The smallest absolute Gasteiger partial charge is 0.325 e. The lowest BCUT2D eigenvalue weighted by molar-refractivity contribution is -0.132. The van der Waals surface area contributed by atoms with Crippen molar-refractivity contribution in [1.82, 2.24) is 10.2 Å². The van der Waals surface area contributed by atoms with Gasteiger partial charge in [-0.15, -0.1) is 0 Å². The van der Waals surface area contributed by atoms with E-state index in [0.29, 0.717) is 22.4 Å². The summed E-state index contributed by atoms with van der Waals surface area (Å²) in [5.74, 6) is -0.995. The molecule has 1 saturated heterocycles. The third-order valence-corrected chi connectivity index (χ3v) is 5.12. The summed E-state index contributed by atoms with van der Waals surface area (Å²) in [4.78, 5) is 26.8. The number of carbonyl (C=O) groups is 2. The highest BCUT2D eigenvalue weighted by Crippen LogP contribution is 2.36. The molecule has 2 heterocycles. The van der Waals surface area contributed by atoms with Crippen LogP contribution in [0.1, 0.15) is 30.0 Å². The Morgan fingerprint density at radius 1 is 1.14 bits per heavy atom. The van der Waals surface area contributed by atoms with E-state index in [1.165, 1.54) is 36.4 Å². The lowest BCUT2D eigenvalue weighted by Gasteiger charge is -2.26. The molecular weight excluding hydrogens is 370 g/mol. The fourth-order valence-electron chi connectivity index (χ4n) is 3.69. The second-order valence-electron chi connectivity index (χ2n) is 6.75. The van der Waals surface area contributed by atoms with E-state index in [4.69, 9.17) is 9.47 Å². The summed E-state index contributed by atoms with van der Waals surface area (Å²) < 4.78 is 37.9. The lowest BCUT2D eigenvalue weighted by atomic mass is 9.87. The minimum absolute atomic E-state index is 0.0141. The molecule has 0 aromatic heterocycles. The van der Waals surface area contributed by atoms with Crippen LogP contribution in [0.2, 0.25) is 0 Å². The zero-order valence-corrected chi connectivity index (χ0v) is 15.1. The number of nitrogens with one attached hydrogen (secondary N) is 1. The molecule has 1 atom stereocenters. The number of rotatable bonds is 4. The summed E-state index contributed by atoms with van der Waals surface area (Å²) in [6.45, 7) is 1.82. The first-order valence-corrected chi connectivity index (χ1v) is 8.86. The molecule has 2 aliphatic rings. The van der Waals surface area contributed by atoms with E-state index >= 15 is 0 Å². The van der Waals surface area contributed by atoms with Crippen LogP contribution in [0.3, 0.4) is 0 Å². The number of imide groups is 1. The van der Waals surface area contributed by atoms with Gasteiger partial charge in [-0.1, -0.05) is 19.1 Å². The standard InChI is InChI=1S/C20H18F2N2O4/c1-2-20(14-3-5-15(21)6-4-14)18(25)24(19(26)23-20)9-12-7-16(22)8-13-10-27-11-28-17(12)13/h3-8H,2,9-11H2,1H3,(H,23,26). The lowest BCUT2D eigenvalue weighted by Crippen LogP contribution is -2.43. The van der Waals surface area contributed by atoms with Crippen LogP contribution in [-0.4, -0.2) is 23.6 Å². The normalized spacial score (nSPS) is 21.3. The maximum absolute atomic E-state index is 14.0. The number of halogens is 2. The van der Waals surface area contributed by atoms with Gasteiger partial charge in [-0.25, -0.2) is 13.6 Å². The minimum Gasteiger partial charge on any atom is -0.467 e. The number of amides is 3. The van der Waals surface area contributed by atoms with Crippen molar-refractivity contribution in [2.75, 3.05) is 6.79 Å². The topological polar surface area (TPSA) is 67.9 Å². The first kappa shape index (κ1) is 18.4. The monoisotopic (exact) mass is 388 g/mol. The summed E-state index contributed by atoms with van der Waals surface area (Å²) >= 11 is 0. The molecule has 146 valence electrons. The molecule has 6 nitrogen and oxygen atoms in total. The van der Waals surface area contributed by atoms with Crippen LogP contribution < -0.4 is 10.1 Å². The van der Waals surface area contributed by atoms with E-state index < -0.39 is 29.1 Å². The van der Waals surface area contributed by atoms with Gasteiger partial charge >= 0.3 is 6.03 Å². The first-order valence-electron chi connectivity index (χ1n) is 8.86. The molecule has 0 bridgehead atoms. The highest BCUT2D eigenvalue weighted by Gasteiger charge is 2.51. The quantitative estimate of drug-likeness (QED) is 0.817. The molecular formula is C20H18F2N2O4. The van der Waals surface area contributed by atoms with Gasteiger partial charge in [0, 0.05) is 11.1 Å². The van der Waals surface area contributed by atoms with E-state index in [0.717, 1.165) is 4.90 Å². The molecule has 8 heteroatoms. The summed E-state index contributed by atoms with van der Waals surface area (Å²) in [6, 6.07) is 7.39. The van der Waals surface area contributed by atoms with Gasteiger partial charge in [-0.3, -0.25) is 9.69 Å². The van der Waals surface area contributed by atoms with Crippen LogP contribution in [0.25, 0.3) is 0 Å². The van der Waals surface area contributed by atoms with E-state index in [1.807, 2.05) is 0 Å². The first-order chi connectivity index (χ1) is 13.4. The van der Waals surface area contributed by atoms with Crippen LogP contribution in [0, 0.1) is 11.6 Å². The summed E-state index contributed by atoms with van der Waals surface area (Å²) in [7, 11) is 0. The Morgan fingerprint density at radius 3 is 2.61 bits per heavy atom. The molecule has 28 heavy (non-hydrogen) atoms. The van der Waals surface area contributed by atoms with E-state index in [9.17, 15) is 18.4 Å². The highest BCUT2D eigenvalue weighted by atomic mass is 19.1. The van der Waals surface area contributed by atoms with Crippen LogP contribution in [-0.2, 0) is 28.2 Å². The van der Waals surface area contributed by atoms with Crippen molar-refractivity contribution in [1.29, 1.82) is 0 Å². The SMILES string of the molecule is CCC1(c2ccc(F)cc2)NC(=O)N(Cc2cc(F)cc3c2OCOC3)C1=O. The van der Waals surface area contributed by atoms with Crippen molar-refractivity contribution in [3.05, 3.63) is 64.7 Å². The Balaban J connectivity index is 1.69. The molecule has 0 aliphatic carbocycles. The van der Waals surface area contributed by atoms with Crippen molar-refractivity contribution in [3.8, 4) is 5.75 Å². The molecule has 4 rings (SSSR count). The number of benzene rings is 2. The van der Waals surface area contributed by atoms with Crippen LogP contribution >= 0.6 is 0 Å². The van der Waals surface area contributed by atoms with Gasteiger partial charge in [0.05, 0.1) is 13.2 Å².